The molecule has 2 saturated carbocycles. The Morgan fingerprint density at radius 1 is 1.03 bits per heavy atom. The van der Waals surface area contributed by atoms with Gasteiger partial charge in [-0.15, -0.1) is 0 Å². The van der Waals surface area contributed by atoms with Crippen molar-refractivity contribution in [2.75, 3.05) is 7.11 Å². The lowest BCUT2D eigenvalue weighted by Crippen LogP contribution is -2.21. The first kappa shape index (κ1) is 22.3. The molecule has 0 aromatic heterocycles. The van der Waals surface area contributed by atoms with E-state index >= 15 is 0 Å². The summed E-state index contributed by atoms with van der Waals surface area (Å²) in [4.78, 5) is 24.0. The summed E-state index contributed by atoms with van der Waals surface area (Å²) in [6.07, 6.45) is 21.9. The molecule has 0 aromatic rings. The molecular weight excluding hydrogens is 360 g/mol. The lowest BCUT2D eigenvalue weighted by atomic mass is 9.79. The van der Waals surface area contributed by atoms with Gasteiger partial charge in [0.1, 0.15) is 5.78 Å². The molecule has 0 heterocycles. The van der Waals surface area contributed by atoms with Gasteiger partial charge in [-0.25, -0.2) is 0 Å². The van der Waals surface area contributed by atoms with Gasteiger partial charge in [-0.1, -0.05) is 75.7 Å². The molecule has 3 aliphatic carbocycles. The van der Waals surface area contributed by atoms with Crippen molar-refractivity contribution < 1.29 is 14.3 Å². The summed E-state index contributed by atoms with van der Waals surface area (Å²) in [5.41, 5.74) is 1.54. The van der Waals surface area contributed by atoms with Crippen LogP contribution >= 0.6 is 0 Å². The highest BCUT2D eigenvalue weighted by atomic mass is 16.5. The summed E-state index contributed by atoms with van der Waals surface area (Å²) in [6.45, 7) is 2.26. The summed E-state index contributed by atoms with van der Waals surface area (Å²) >= 11 is 0. The predicted octanol–water partition coefficient (Wildman–Crippen LogP) is 6.42. The van der Waals surface area contributed by atoms with Crippen LogP contribution in [0.1, 0.15) is 90.4 Å². The third kappa shape index (κ3) is 5.41. The Labute approximate surface area is 177 Å². The van der Waals surface area contributed by atoms with Crippen LogP contribution in [0.4, 0.5) is 0 Å². The van der Waals surface area contributed by atoms with E-state index in [2.05, 4.69) is 25.2 Å². The van der Waals surface area contributed by atoms with Crippen molar-refractivity contribution in [3.63, 3.8) is 0 Å². The number of rotatable bonds is 13. The fraction of sp³-hybridized carbons (Fsp3) is 0.769. The van der Waals surface area contributed by atoms with Crippen molar-refractivity contribution in [1.82, 2.24) is 0 Å². The van der Waals surface area contributed by atoms with Gasteiger partial charge in [0.05, 0.1) is 7.11 Å². The number of carbonyl (C=O) groups excluding carboxylic acids is 2. The second kappa shape index (κ2) is 11.1. The minimum Gasteiger partial charge on any atom is -0.469 e. The molecule has 0 spiro atoms. The first-order valence-corrected chi connectivity index (χ1v) is 12.1. The number of fused-ring (bicyclic) bond motifs is 5. The van der Waals surface area contributed by atoms with Crippen LogP contribution in [0.2, 0.25) is 0 Å². The molecule has 3 heteroatoms. The van der Waals surface area contributed by atoms with E-state index < -0.39 is 0 Å². The summed E-state index contributed by atoms with van der Waals surface area (Å²) < 4.78 is 4.70. The maximum absolute atomic E-state index is 12.8. The zero-order valence-electron chi connectivity index (χ0n) is 18.5. The van der Waals surface area contributed by atoms with E-state index in [0.29, 0.717) is 35.9 Å². The van der Waals surface area contributed by atoms with Crippen molar-refractivity contribution >= 4 is 11.8 Å². The molecule has 3 aliphatic rings. The number of methoxy groups -OCH3 is 1. The normalized spacial score (nSPS) is 31.0. The largest absolute Gasteiger partial charge is 0.469 e. The fourth-order valence-electron chi connectivity index (χ4n) is 6.07. The molecule has 5 atom stereocenters. The average Bonchev–Trinajstić information content (AvgIpc) is 3.37. The molecule has 29 heavy (non-hydrogen) atoms. The molecule has 0 amide bonds. The van der Waals surface area contributed by atoms with E-state index in [-0.39, 0.29) is 11.9 Å². The SMILES string of the molecule is CCCCCCCCC1CC(=O)C2C3C=CC(C3=CCCCCCC(=O)OC)C12. The number of ether oxygens (including phenoxy) is 1. The van der Waals surface area contributed by atoms with E-state index in [9.17, 15) is 9.59 Å². The lowest BCUT2D eigenvalue weighted by Gasteiger charge is -2.24. The molecule has 0 aromatic carbocycles. The zero-order chi connectivity index (χ0) is 20.6. The Kier molecular flexibility index (Phi) is 8.56. The fourth-order valence-corrected chi connectivity index (χ4v) is 6.07. The van der Waals surface area contributed by atoms with Gasteiger partial charge in [0, 0.05) is 30.6 Å². The van der Waals surface area contributed by atoms with E-state index in [1.54, 1.807) is 0 Å². The van der Waals surface area contributed by atoms with Gasteiger partial charge in [-0.3, -0.25) is 9.59 Å². The van der Waals surface area contributed by atoms with Gasteiger partial charge in [-0.05, 0) is 37.5 Å². The van der Waals surface area contributed by atoms with Gasteiger partial charge in [0.2, 0.25) is 0 Å². The molecule has 5 unspecified atom stereocenters. The van der Waals surface area contributed by atoms with Crippen LogP contribution in [0.5, 0.6) is 0 Å². The van der Waals surface area contributed by atoms with Gasteiger partial charge in [-0.2, -0.15) is 0 Å². The second-order valence-electron chi connectivity index (χ2n) is 9.41. The van der Waals surface area contributed by atoms with E-state index in [0.717, 1.165) is 32.1 Å². The number of carbonyl (C=O) groups is 2. The molecule has 2 bridgehead atoms. The molecule has 162 valence electrons. The van der Waals surface area contributed by atoms with Crippen molar-refractivity contribution in [3.05, 3.63) is 23.8 Å². The van der Waals surface area contributed by atoms with E-state index in [4.69, 9.17) is 4.74 Å². The third-order valence-corrected chi connectivity index (χ3v) is 7.51. The van der Waals surface area contributed by atoms with E-state index in [1.807, 2.05) is 0 Å². The third-order valence-electron chi connectivity index (χ3n) is 7.51. The number of allylic oxidation sites excluding steroid dienone is 4. The molecule has 0 N–H and O–H groups in total. The highest BCUT2D eigenvalue weighted by molar-refractivity contribution is 5.86. The van der Waals surface area contributed by atoms with Crippen molar-refractivity contribution in [1.29, 1.82) is 0 Å². The highest BCUT2D eigenvalue weighted by Gasteiger charge is 2.57. The first-order valence-electron chi connectivity index (χ1n) is 12.1. The number of hydrogen-bond acceptors (Lipinski definition) is 3. The quantitative estimate of drug-likeness (QED) is 0.203. The first-order chi connectivity index (χ1) is 14.2. The van der Waals surface area contributed by atoms with Crippen LogP contribution < -0.4 is 0 Å². The van der Waals surface area contributed by atoms with Crippen LogP contribution in [0.15, 0.2) is 23.8 Å². The monoisotopic (exact) mass is 400 g/mol. The number of ketones is 1. The standard InChI is InChI=1S/C26H40O3/c1-3-4-5-6-7-10-13-19-18-23(27)26-22-17-16-21(25(19)26)20(22)14-11-8-9-12-15-24(28)29-2/h14,16-17,19,21-22,25-26H,3-13,15,18H2,1-2H3. The molecular formula is C26H40O3. The number of esters is 1. The molecule has 0 saturated heterocycles. The van der Waals surface area contributed by atoms with Crippen molar-refractivity contribution in [2.45, 2.75) is 90.4 Å². The average molecular weight is 401 g/mol. The van der Waals surface area contributed by atoms with Crippen LogP contribution in [-0.4, -0.2) is 18.9 Å². The minimum atomic E-state index is -0.107. The van der Waals surface area contributed by atoms with Gasteiger partial charge < -0.3 is 4.74 Å². The number of hydrogen-bond donors (Lipinski definition) is 0. The molecule has 0 aliphatic heterocycles. The summed E-state index contributed by atoms with van der Waals surface area (Å²) in [7, 11) is 1.45. The van der Waals surface area contributed by atoms with Crippen LogP contribution in [-0.2, 0) is 14.3 Å². The summed E-state index contributed by atoms with van der Waals surface area (Å²) in [5.74, 6) is 2.82. The topological polar surface area (TPSA) is 43.4 Å². The summed E-state index contributed by atoms with van der Waals surface area (Å²) in [6, 6.07) is 0. The van der Waals surface area contributed by atoms with Crippen molar-refractivity contribution in [2.24, 2.45) is 29.6 Å². The molecule has 2 fully saturated rings. The van der Waals surface area contributed by atoms with Crippen LogP contribution in [0.3, 0.4) is 0 Å². The Morgan fingerprint density at radius 2 is 1.76 bits per heavy atom. The maximum atomic E-state index is 12.8. The summed E-state index contributed by atoms with van der Waals surface area (Å²) in [5, 5.41) is 0. The van der Waals surface area contributed by atoms with Gasteiger partial charge >= 0.3 is 5.97 Å². The van der Waals surface area contributed by atoms with Gasteiger partial charge in [0.15, 0.2) is 0 Å². The smallest absolute Gasteiger partial charge is 0.305 e. The lowest BCUT2D eigenvalue weighted by molar-refractivity contribution is -0.140. The Bertz CT molecular complexity index is 617. The molecule has 0 radical (unpaired) electrons. The van der Waals surface area contributed by atoms with E-state index in [1.165, 1.54) is 57.6 Å². The molecule has 3 rings (SSSR count). The van der Waals surface area contributed by atoms with Crippen LogP contribution in [0, 0.1) is 29.6 Å². The number of Topliss-reactive ketones (excluding diaryl/α,β-unsaturated/α-hetero) is 1. The predicted molar refractivity (Wildman–Crippen MR) is 117 cm³/mol. The Morgan fingerprint density at radius 3 is 2.55 bits per heavy atom. The Hall–Kier alpha value is -1.38. The van der Waals surface area contributed by atoms with Crippen LogP contribution in [0.25, 0.3) is 0 Å². The Balaban J connectivity index is 1.45. The molecule has 3 nitrogen and oxygen atoms in total. The highest BCUT2D eigenvalue weighted by Crippen LogP contribution is 2.60. The van der Waals surface area contributed by atoms with Gasteiger partial charge in [0.25, 0.3) is 0 Å². The second-order valence-corrected chi connectivity index (χ2v) is 9.41. The number of unbranched alkanes of at least 4 members (excludes halogenated alkanes) is 8. The minimum absolute atomic E-state index is 0.107. The van der Waals surface area contributed by atoms with Crippen molar-refractivity contribution in [3.8, 4) is 0 Å². The maximum Gasteiger partial charge on any atom is 0.305 e. The zero-order valence-corrected chi connectivity index (χ0v) is 18.5.